The van der Waals surface area contributed by atoms with Gasteiger partial charge in [-0.2, -0.15) is 0 Å². The maximum atomic E-state index is 11.9. The first kappa shape index (κ1) is 49.0. The summed E-state index contributed by atoms with van der Waals surface area (Å²) in [5, 5.41) is 0.998. The number of rotatable bonds is 7. The highest BCUT2D eigenvalue weighted by molar-refractivity contribution is 7.30. The SMILES string of the molecule is Cc1cc(C)c(-c2cccc(-c3c(C)cc(C)cc3C)c2-n2p[n+](-c3c(-c4c(C)cc(C)cc4C)cccc3-c3c(C)cc(C)cc3C)[p-]c2=Nc2c(C)cccc2C)c(C)c1.Fc1ccccc1. The molecule has 3 nitrogen and oxygen atoms in total. The van der Waals surface area contributed by atoms with Crippen LogP contribution < -0.4 is 9.31 Å². The van der Waals surface area contributed by atoms with Crippen molar-refractivity contribution in [2.24, 2.45) is 4.99 Å². The largest absolute Gasteiger partial charge is 0.336 e. The molecule has 6 heteroatoms. The fourth-order valence-corrected chi connectivity index (χ4v) is 13.4. The van der Waals surface area contributed by atoms with Crippen LogP contribution in [-0.4, -0.2) is 4.33 Å². The van der Waals surface area contributed by atoms with E-state index in [1.165, 1.54) is 146 Å². The van der Waals surface area contributed by atoms with E-state index in [1.54, 1.807) is 18.2 Å². The molecule has 8 aromatic carbocycles. The Morgan fingerprint density at radius 2 is 0.739 bits per heavy atom. The highest BCUT2D eigenvalue weighted by Gasteiger charge is 2.26. The Labute approximate surface area is 413 Å². The van der Waals surface area contributed by atoms with Crippen LogP contribution in [0.4, 0.5) is 10.1 Å². The maximum absolute atomic E-state index is 11.9. The van der Waals surface area contributed by atoms with Crippen molar-refractivity contribution in [3.63, 3.8) is 0 Å². The van der Waals surface area contributed by atoms with Crippen LogP contribution in [0.15, 0.2) is 138 Å². The second-order valence-electron chi connectivity index (χ2n) is 19.2. The molecule has 0 aliphatic heterocycles. The van der Waals surface area contributed by atoms with Crippen molar-refractivity contribution in [1.29, 1.82) is 0 Å². The third-order valence-corrected chi connectivity index (χ3v) is 15.7. The summed E-state index contributed by atoms with van der Waals surface area (Å²) in [5.74, 6) is -0.178. The molecule has 0 aliphatic rings. The van der Waals surface area contributed by atoms with Gasteiger partial charge in [0.2, 0.25) is 0 Å². The number of aryl methyl sites for hydroxylation is 14. The lowest BCUT2D eigenvalue weighted by atomic mass is 9.87. The standard InChI is InChI=1S/C57H59N3P2.C6H5F/c1-32-24-38(7)50(39(8)25-32)46-20-16-21-47(51-40(9)26-33(2)27-41(51)10)55(46)59-57(58-54-36(5)18-15-19-37(54)6)61-60(62-59)56-48(52-42(11)28-34(3)29-43(52)12)22-17-23-49(56)53-44(13)30-35(4)31-45(53)14;7-6-4-2-1-3-5-6/h15-31H,1-14H3;1-5H. The monoisotopic (exact) mass is 943 g/mol. The van der Waals surface area contributed by atoms with E-state index in [-0.39, 0.29) is 5.82 Å². The third-order valence-electron chi connectivity index (χ3n) is 13.2. The molecule has 0 saturated carbocycles. The van der Waals surface area contributed by atoms with Gasteiger partial charge in [0.05, 0.1) is 5.69 Å². The molecule has 1 heterocycles. The minimum Gasteiger partial charge on any atom is -0.336 e. The van der Waals surface area contributed by atoms with Gasteiger partial charge >= 0.3 is 0 Å². The summed E-state index contributed by atoms with van der Waals surface area (Å²) in [6, 6.07) is 47.0. The number of nitrogens with zero attached hydrogens (tertiary/aromatic N) is 3. The van der Waals surface area contributed by atoms with E-state index in [0.29, 0.717) is 0 Å². The number of para-hydroxylation sites is 3. The third kappa shape index (κ3) is 10.0. The number of hydrogen-bond donors (Lipinski definition) is 0. The van der Waals surface area contributed by atoms with Crippen molar-refractivity contribution in [2.45, 2.75) is 96.9 Å². The fourth-order valence-electron chi connectivity index (χ4n) is 10.8. The second kappa shape index (κ2) is 20.3. The molecule has 69 heavy (non-hydrogen) atoms. The lowest BCUT2D eigenvalue weighted by Gasteiger charge is -2.21. The quantitative estimate of drug-likeness (QED) is 0.152. The van der Waals surface area contributed by atoms with Crippen molar-refractivity contribution in [1.82, 2.24) is 4.33 Å². The number of aromatic nitrogens is 2. The van der Waals surface area contributed by atoms with Gasteiger partial charge in [-0.3, -0.25) is 4.33 Å². The van der Waals surface area contributed by atoms with E-state index in [0.717, 1.165) is 27.8 Å². The molecule has 0 N–H and O–H groups in total. The molecule has 1 aromatic heterocycles. The van der Waals surface area contributed by atoms with Gasteiger partial charge in [-0.1, -0.05) is 144 Å². The summed E-state index contributed by atoms with van der Waals surface area (Å²) in [7, 11) is 2.00. The van der Waals surface area contributed by atoms with Crippen LogP contribution in [0.1, 0.15) is 77.9 Å². The molecular formula is C63H64FN3P2. The van der Waals surface area contributed by atoms with Gasteiger partial charge in [-0.25, -0.2) is 9.38 Å². The summed E-state index contributed by atoms with van der Waals surface area (Å²) in [6.45, 7) is 31.4. The van der Waals surface area contributed by atoms with E-state index >= 15 is 0 Å². The molecule has 0 amide bonds. The molecule has 9 rings (SSSR count). The normalized spacial score (nSPS) is 11.7. The summed E-state index contributed by atoms with van der Waals surface area (Å²) in [5.41, 5.74) is 31.3. The van der Waals surface area contributed by atoms with Crippen molar-refractivity contribution in [2.75, 3.05) is 0 Å². The van der Waals surface area contributed by atoms with Crippen LogP contribution in [0.2, 0.25) is 0 Å². The first-order valence-corrected chi connectivity index (χ1v) is 25.5. The Morgan fingerprint density at radius 1 is 0.406 bits per heavy atom. The lowest BCUT2D eigenvalue weighted by molar-refractivity contribution is -0.436. The molecule has 348 valence electrons. The molecule has 0 fully saturated rings. The van der Waals surface area contributed by atoms with Crippen molar-refractivity contribution >= 4 is 22.5 Å². The van der Waals surface area contributed by atoms with E-state index in [4.69, 9.17) is 4.99 Å². The Hall–Kier alpha value is -6.44. The highest BCUT2D eigenvalue weighted by atomic mass is 31.1. The lowest BCUT2D eigenvalue weighted by Crippen LogP contribution is -2.22. The predicted octanol–water partition coefficient (Wildman–Crippen LogP) is 17.7. The Kier molecular flexibility index (Phi) is 14.4. The zero-order valence-electron chi connectivity index (χ0n) is 42.8. The summed E-state index contributed by atoms with van der Waals surface area (Å²) < 4.78 is 17.0. The summed E-state index contributed by atoms with van der Waals surface area (Å²) >= 11 is 0. The second-order valence-corrected chi connectivity index (χ2v) is 21.5. The van der Waals surface area contributed by atoms with Gasteiger partial charge in [0, 0.05) is 22.3 Å². The van der Waals surface area contributed by atoms with Crippen LogP contribution in [-0.2, 0) is 0 Å². The molecule has 0 radical (unpaired) electrons. The van der Waals surface area contributed by atoms with Gasteiger partial charge < -0.3 is 4.09 Å². The van der Waals surface area contributed by atoms with Gasteiger partial charge in [0.15, 0.2) is 5.22 Å². The van der Waals surface area contributed by atoms with E-state index in [9.17, 15) is 4.39 Å². The number of halogens is 1. The summed E-state index contributed by atoms with van der Waals surface area (Å²) in [4.78, 5) is 5.76. The first-order chi connectivity index (χ1) is 32.9. The maximum Gasteiger partial charge on any atom is 0.180 e. The number of hydrogen-bond acceptors (Lipinski definition) is 1. The average molecular weight is 944 g/mol. The Bertz CT molecular complexity index is 3240. The molecule has 0 aliphatic carbocycles. The molecule has 0 bridgehead atoms. The first-order valence-electron chi connectivity index (χ1n) is 23.9. The van der Waals surface area contributed by atoms with Crippen LogP contribution in [0, 0.1) is 103 Å². The molecular weight excluding hydrogens is 880 g/mol. The predicted molar refractivity (Wildman–Crippen MR) is 294 cm³/mol. The van der Waals surface area contributed by atoms with E-state index < -0.39 is 0 Å². The van der Waals surface area contributed by atoms with Crippen molar-refractivity contribution in [3.8, 4) is 55.9 Å². The van der Waals surface area contributed by atoms with Gasteiger partial charge in [0.1, 0.15) is 25.7 Å². The van der Waals surface area contributed by atoms with Crippen LogP contribution in [0.3, 0.4) is 0 Å². The average Bonchev–Trinajstić information content (AvgIpc) is 3.67. The topological polar surface area (TPSA) is 21.2 Å². The molecule has 0 unspecified atom stereocenters. The zero-order chi connectivity index (χ0) is 49.4. The van der Waals surface area contributed by atoms with E-state index in [1.807, 2.05) is 0 Å². The summed E-state index contributed by atoms with van der Waals surface area (Å²) in [6.07, 6.45) is 0. The molecule has 0 saturated heterocycles. The fraction of sp³-hybridized carbons (Fsp3) is 0.222. The number of benzene rings is 8. The van der Waals surface area contributed by atoms with Gasteiger partial charge in [-0.05, 0) is 195 Å². The zero-order valence-corrected chi connectivity index (χ0v) is 44.6. The van der Waals surface area contributed by atoms with Crippen LogP contribution in [0.25, 0.3) is 55.9 Å². The molecule has 0 atom stereocenters. The van der Waals surface area contributed by atoms with E-state index in [2.05, 4.69) is 208 Å². The minimum absolute atomic E-state index is 0.178. The Balaban J connectivity index is 0.000000842. The smallest absolute Gasteiger partial charge is 0.180 e. The molecule has 0 spiro atoms. The highest BCUT2D eigenvalue weighted by Crippen LogP contribution is 2.44. The van der Waals surface area contributed by atoms with Crippen molar-refractivity contribution < 1.29 is 8.48 Å². The van der Waals surface area contributed by atoms with Gasteiger partial charge in [-0.15, -0.1) is 0 Å². The van der Waals surface area contributed by atoms with Crippen molar-refractivity contribution in [3.05, 3.63) is 222 Å². The minimum atomic E-state index is -0.178. The Morgan fingerprint density at radius 3 is 1.09 bits per heavy atom. The van der Waals surface area contributed by atoms with Gasteiger partial charge in [0.25, 0.3) is 0 Å². The van der Waals surface area contributed by atoms with Crippen LogP contribution >= 0.6 is 16.9 Å². The molecule has 9 aromatic rings. The van der Waals surface area contributed by atoms with Crippen LogP contribution in [0.5, 0.6) is 0 Å².